The van der Waals surface area contributed by atoms with E-state index >= 15 is 0 Å². The Balaban J connectivity index is 0.00000180. The van der Waals surface area contributed by atoms with Crippen molar-refractivity contribution in [1.29, 1.82) is 0 Å². The second kappa shape index (κ2) is 7.11. The maximum absolute atomic E-state index is 11.7. The summed E-state index contributed by atoms with van der Waals surface area (Å²) in [7, 11) is 0. The van der Waals surface area contributed by atoms with Crippen LogP contribution < -0.4 is 10.6 Å². The summed E-state index contributed by atoms with van der Waals surface area (Å²) < 4.78 is 0. The van der Waals surface area contributed by atoms with Gasteiger partial charge in [-0.1, -0.05) is 18.2 Å². The maximum atomic E-state index is 11.7. The molecular formula is C13H16ClN3OS. The Morgan fingerprint density at radius 2 is 1.95 bits per heavy atom. The summed E-state index contributed by atoms with van der Waals surface area (Å²) in [5, 5.41) is 6.49. The SMILES string of the molecule is Cc1nc(NC(=O)CNc2ccccc2)sc1C.Cl. The number of benzene rings is 1. The molecule has 0 radical (unpaired) electrons. The summed E-state index contributed by atoms with van der Waals surface area (Å²) >= 11 is 1.49. The van der Waals surface area contributed by atoms with E-state index in [1.165, 1.54) is 11.3 Å². The fourth-order valence-corrected chi connectivity index (χ4v) is 2.26. The zero-order valence-electron chi connectivity index (χ0n) is 10.8. The van der Waals surface area contributed by atoms with Gasteiger partial charge in [0.15, 0.2) is 5.13 Å². The molecule has 1 aromatic heterocycles. The number of aromatic nitrogens is 1. The summed E-state index contributed by atoms with van der Waals surface area (Å²) in [6.45, 7) is 4.16. The molecule has 0 saturated heterocycles. The monoisotopic (exact) mass is 297 g/mol. The van der Waals surface area contributed by atoms with Crippen LogP contribution in [0.5, 0.6) is 0 Å². The minimum absolute atomic E-state index is 0. The molecule has 0 bridgehead atoms. The highest BCUT2D eigenvalue weighted by Crippen LogP contribution is 2.20. The first-order chi connectivity index (χ1) is 8.65. The van der Waals surface area contributed by atoms with Crippen molar-refractivity contribution in [2.45, 2.75) is 13.8 Å². The minimum atomic E-state index is -0.0902. The van der Waals surface area contributed by atoms with E-state index in [-0.39, 0.29) is 24.9 Å². The Morgan fingerprint density at radius 1 is 1.26 bits per heavy atom. The molecule has 0 aliphatic heterocycles. The maximum Gasteiger partial charge on any atom is 0.245 e. The Kier molecular flexibility index (Phi) is 5.79. The van der Waals surface area contributed by atoms with Crippen molar-refractivity contribution < 1.29 is 4.79 Å². The first-order valence-corrected chi connectivity index (χ1v) is 6.49. The van der Waals surface area contributed by atoms with Crippen LogP contribution in [0, 0.1) is 13.8 Å². The lowest BCUT2D eigenvalue weighted by Gasteiger charge is -2.05. The average Bonchev–Trinajstić information content (AvgIpc) is 2.67. The van der Waals surface area contributed by atoms with E-state index in [9.17, 15) is 4.79 Å². The van der Waals surface area contributed by atoms with Gasteiger partial charge in [-0.3, -0.25) is 4.79 Å². The molecule has 1 amide bonds. The first-order valence-electron chi connectivity index (χ1n) is 5.68. The van der Waals surface area contributed by atoms with Crippen LogP contribution in [0.2, 0.25) is 0 Å². The van der Waals surface area contributed by atoms with Crippen molar-refractivity contribution in [3.8, 4) is 0 Å². The molecule has 2 aromatic rings. The summed E-state index contributed by atoms with van der Waals surface area (Å²) in [6.07, 6.45) is 0. The number of hydrogen-bond acceptors (Lipinski definition) is 4. The Labute approximate surface area is 122 Å². The third-order valence-corrected chi connectivity index (χ3v) is 3.49. The van der Waals surface area contributed by atoms with E-state index in [2.05, 4.69) is 15.6 Å². The molecule has 0 aliphatic carbocycles. The number of nitrogens with zero attached hydrogens (tertiary/aromatic N) is 1. The number of nitrogens with one attached hydrogen (secondary N) is 2. The predicted molar refractivity (Wildman–Crippen MR) is 82.4 cm³/mol. The van der Waals surface area contributed by atoms with Crippen LogP contribution in [0.25, 0.3) is 0 Å². The Morgan fingerprint density at radius 3 is 2.53 bits per heavy atom. The van der Waals surface area contributed by atoms with Gasteiger partial charge in [0, 0.05) is 10.6 Å². The highest BCUT2D eigenvalue weighted by Gasteiger charge is 2.07. The van der Waals surface area contributed by atoms with Crippen LogP contribution >= 0.6 is 23.7 Å². The lowest BCUT2D eigenvalue weighted by Crippen LogP contribution is -2.21. The zero-order valence-corrected chi connectivity index (χ0v) is 12.4. The number of aryl methyl sites for hydroxylation is 2. The van der Waals surface area contributed by atoms with Gasteiger partial charge in [0.25, 0.3) is 0 Å². The van der Waals surface area contributed by atoms with Gasteiger partial charge in [0.05, 0.1) is 12.2 Å². The predicted octanol–water partition coefficient (Wildman–Crippen LogP) is 3.23. The number of rotatable bonds is 4. The van der Waals surface area contributed by atoms with Crippen molar-refractivity contribution in [1.82, 2.24) is 4.98 Å². The third-order valence-electron chi connectivity index (χ3n) is 2.50. The van der Waals surface area contributed by atoms with Crippen LogP contribution in [0.1, 0.15) is 10.6 Å². The number of hydrogen-bond donors (Lipinski definition) is 2. The van der Waals surface area contributed by atoms with Crippen molar-refractivity contribution in [3.63, 3.8) is 0 Å². The molecular weight excluding hydrogens is 282 g/mol. The van der Waals surface area contributed by atoms with Crippen LogP contribution in [0.3, 0.4) is 0 Å². The van der Waals surface area contributed by atoms with Crippen LogP contribution in [-0.2, 0) is 4.79 Å². The van der Waals surface area contributed by atoms with Crippen molar-refractivity contribution >= 4 is 40.5 Å². The number of amides is 1. The molecule has 0 saturated carbocycles. The van der Waals surface area contributed by atoms with Gasteiger partial charge in [-0.15, -0.1) is 23.7 Å². The van der Waals surface area contributed by atoms with Gasteiger partial charge in [-0.25, -0.2) is 4.98 Å². The molecule has 4 nitrogen and oxygen atoms in total. The van der Waals surface area contributed by atoms with Crippen molar-refractivity contribution in [2.75, 3.05) is 17.2 Å². The fourth-order valence-electron chi connectivity index (χ4n) is 1.43. The standard InChI is InChI=1S/C13H15N3OS.ClH/c1-9-10(2)18-13(15-9)16-12(17)8-14-11-6-4-3-5-7-11;/h3-7,14H,8H2,1-2H3,(H,15,16,17);1H. The van der Waals surface area contributed by atoms with Crippen LogP contribution in [0.15, 0.2) is 30.3 Å². The van der Waals surface area contributed by atoms with Crippen molar-refractivity contribution in [2.24, 2.45) is 0 Å². The molecule has 19 heavy (non-hydrogen) atoms. The number of halogens is 1. The van der Waals surface area contributed by atoms with Gasteiger partial charge in [-0.2, -0.15) is 0 Å². The molecule has 0 aliphatic rings. The zero-order chi connectivity index (χ0) is 13.0. The number of anilines is 2. The molecule has 0 unspecified atom stereocenters. The van der Waals surface area contributed by atoms with E-state index in [1.807, 2.05) is 44.2 Å². The second-order valence-corrected chi connectivity index (χ2v) is 5.13. The Bertz CT molecular complexity index is 523. The average molecular weight is 298 g/mol. The van der Waals surface area contributed by atoms with Crippen molar-refractivity contribution in [3.05, 3.63) is 40.9 Å². The number of carbonyl (C=O) groups excluding carboxylic acids is 1. The third kappa shape index (κ3) is 4.54. The van der Waals surface area contributed by atoms with E-state index in [1.54, 1.807) is 0 Å². The topological polar surface area (TPSA) is 54.0 Å². The molecule has 0 atom stereocenters. The molecule has 1 aromatic carbocycles. The summed E-state index contributed by atoms with van der Waals surface area (Å²) in [6, 6.07) is 9.63. The molecule has 102 valence electrons. The van der Waals surface area contributed by atoms with Gasteiger partial charge in [0.1, 0.15) is 0 Å². The van der Waals surface area contributed by atoms with Gasteiger partial charge in [-0.05, 0) is 26.0 Å². The highest BCUT2D eigenvalue weighted by molar-refractivity contribution is 7.15. The highest BCUT2D eigenvalue weighted by atomic mass is 35.5. The summed E-state index contributed by atoms with van der Waals surface area (Å²) in [5.74, 6) is -0.0902. The number of carbonyl (C=O) groups is 1. The molecule has 2 N–H and O–H groups in total. The summed E-state index contributed by atoms with van der Waals surface area (Å²) in [5.41, 5.74) is 1.89. The van der Waals surface area contributed by atoms with E-state index < -0.39 is 0 Å². The molecule has 0 spiro atoms. The van der Waals surface area contributed by atoms with Crippen LogP contribution in [-0.4, -0.2) is 17.4 Å². The number of para-hydroxylation sites is 1. The van der Waals surface area contributed by atoms with Gasteiger partial charge >= 0.3 is 0 Å². The van der Waals surface area contributed by atoms with E-state index in [0.29, 0.717) is 5.13 Å². The van der Waals surface area contributed by atoms with Gasteiger partial charge < -0.3 is 10.6 Å². The van der Waals surface area contributed by atoms with E-state index in [0.717, 1.165) is 16.3 Å². The number of thiazole rings is 1. The lowest BCUT2D eigenvalue weighted by atomic mass is 10.3. The summed E-state index contributed by atoms with van der Waals surface area (Å²) in [4.78, 5) is 17.1. The Hall–Kier alpha value is -1.59. The van der Waals surface area contributed by atoms with Gasteiger partial charge in [0.2, 0.25) is 5.91 Å². The molecule has 0 fully saturated rings. The lowest BCUT2D eigenvalue weighted by molar-refractivity contribution is -0.114. The second-order valence-electron chi connectivity index (χ2n) is 3.93. The largest absolute Gasteiger partial charge is 0.376 e. The normalized spacial score (nSPS) is 9.58. The molecule has 1 heterocycles. The smallest absolute Gasteiger partial charge is 0.245 e. The minimum Gasteiger partial charge on any atom is -0.376 e. The molecule has 2 rings (SSSR count). The van der Waals surface area contributed by atoms with Crippen LogP contribution in [0.4, 0.5) is 10.8 Å². The first kappa shape index (κ1) is 15.5. The quantitative estimate of drug-likeness (QED) is 0.911. The van der Waals surface area contributed by atoms with E-state index in [4.69, 9.17) is 0 Å². The molecule has 6 heteroatoms. The fraction of sp³-hybridized carbons (Fsp3) is 0.231.